The Balaban J connectivity index is 1.90. The number of thioether (sulfide) groups is 1. The fraction of sp³-hybridized carbons (Fsp3) is 0.222. The maximum Gasteiger partial charge on any atom is 0.342 e. The van der Waals surface area contributed by atoms with Crippen LogP contribution < -0.4 is 0 Å². The van der Waals surface area contributed by atoms with E-state index in [0.717, 1.165) is 10.5 Å². The van der Waals surface area contributed by atoms with Crippen LogP contribution in [0.2, 0.25) is 5.02 Å². The van der Waals surface area contributed by atoms with Crippen LogP contribution in [0.25, 0.3) is 0 Å². The topological polar surface area (TPSA) is 66.8 Å². The number of ether oxygens (including phenoxy) is 1. The first-order valence-corrected chi connectivity index (χ1v) is 9.03. The van der Waals surface area contributed by atoms with E-state index in [1.807, 2.05) is 30.5 Å². The zero-order chi connectivity index (χ0) is 18.4. The number of phenols is 1. The normalized spacial score (nSPS) is 10.4. The summed E-state index contributed by atoms with van der Waals surface area (Å²) >= 11 is 7.44. The van der Waals surface area contributed by atoms with Crippen molar-refractivity contribution in [2.75, 3.05) is 19.9 Å². The van der Waals surface area contributed by atoms with Crippen molar-refractivity contribution in [3.8, 4) is 5.75 Å². The van der Waals surface area contributed by atoms with Crippen molar-refractivity contribution in [3.05, 3.63) is 58.6 Å². The van der Waals surface area contributed by atoms with Crippen LogP contribution in [0, 0.1) is 0 Å². The molecule has 0 heterocycles. The molecule has 0 aliphatic rings. The molecule has 0 saturated heterocycles. The summed E-state index contributed by atoms with van der Waals surface area (Å²) in [6.45, 7) is -0.00234. The molecule has 0 unspecified atom stereocenters. The smallest absolute Gasteiger partial charge is 0.342 e. The maximum absolute atomic E-state index is 12.1. The largest absolute Gasteiger partial charge is 0.507 e. The molecule has 0 aliphatic heterocycles. The number of esters is 1. The van der Waals surface area contributed by atoms with Crippen molar-refractivity contribution in [1.29, 1.82) is 0 Å². The highest BCUT2D eigenvalue weighted by Gasteiger charge is 2.17. The lowest BCUT2D eigenvalue weighted by Crippen LogP contribution is -2.30. The van der Waals surface area contributed by atoms with Crippen molar-refractivity contribution in [3.63, 3.8) is 0 Å². The van der Waals surface area contributed by atoms with Crippen molar-refractivity contribution in [1.82, 2.24) is 4.90 Å². The predicted octanol–water partition coefficient (Wildman–Crippen LogP) is 3.58. The summed E-state index contributed by atoms with van der Waals surface area (Å²) in [5.41, 5.74) is 0.906. The molecular formula is C18H18ClNO4S. The van der Waals surface area contributed by atoms with Crippen LogP contribution in [0.1, 0.15) is 15.9 Å². The standard InChI is InChI=1S/C18H18ClNO4S/c1-20(10-12-3-6-14(25-2)7-4-12)17(22)11-24-18(23)15-9-13(19)5-8-16(15)21/h3-9,21H,10-11H2,1-2H3. The van der Waals surface area contributed by atoms with E-state index in [1.165, 1.54) is 23.1 Å². The fourth-order valence-electron chi connectivity index (χ4n) is 2.08. The zero-order valence-electron chi connectivity index (χ0n) is 13.9. The van der Waals surface area contributed by atoms with Crippen LogP contribution in [0.5, 0.6) is 5.75 Å². The lowest BCUT2D eigenvalue weighted by atomic mass is 10.2. The predicted molar refractivity (Wildman–Crippen MR) is 98.1 cm³/mol. The van der Waals surface area contributed by atoms with Gasteiger partial charge in [-0.15, -0.1) is 11.8 Å². The number of nitrogens with zero attached hydrogens (tertiary/aromatic N) is 1. The summed E-state index contributed by atoms with van der Waals surface area (Å²) in [6.07, 6.45) is 2.00. The number of rotatable bonds is 6. The Kier molecular flexibility index (Phi) is 6.73. The van der Waals surface area contributed by atoms with Crippen LogP contribution >= 0.6 is 23.4 Å². The Morgan fingerprint density at radius 2 is 1.88 bits per heavy atom. The molecule has 1 amide bonds. The molecule has 0 radical (unpaired) electrons. The van der Waals surface area contributed by atoms with Gasteiger partial charge in [0.15, 0.2) is 6.61 Å². The number of carbonyl (C=O) groups is 2. The van der Waals surface area contributed by atoms with Gasteiger partial charge in [-0.25, -0.2) is 4.79 Å². The second-order valence-corrected chi connectivity index (χ2v) is 6.65. The fourth-order valence-corrected chi connectivity index (χ4v) is 2.66. The van der Waals surface area contributed by atoms with Gasteiger partial charge in [0.2, 0.25) is 0 Å². The minimum Gasteiger partial charge on any atom is -0.507 e. The number of benzene rings is 2. The highest BCUT2D eigenvalue weighted by molar-refractivity contribution is 7.98. The summed E-state index contributed by atoms with van der Waals surface area (Å²) in [4.78, 5) is 26.7. The summed E-state index contributed by atoms with van der Waals surface area (Å²) < 4.78 is 4.97. The number of hydrogen-bond donors (Lipinski definition) is 1. The van der Waals surface area contributed by atoms with Crippen LogP contribution in [-0.4, -0.2) is 41.8 Å². The van der Waals surface area contributed by atoms with Gasteiger partial charge in [0.1, 0.15) is 11.3 Å². The molecule has 5 nitrogen and oxygen atoms in total. The van der Waals surface area contributed by atoms with Crippen molar-refractivity contribution in [2.45, 2.75) is 11.4 Å². The number of carbonyl (C=O) groups excluding carboxylic acids is 2. The van der Waals surface area contributed by atoms with E-state index in [2.05, 4.69) is 0 Å². The molecule has 0 aromatic heterocycles. The van der Waals surface area contributed by atoms with Crippen LogP contribution in [0.3, 0.4) is 0 Å². The molecule has 25 heavy (non-hydrogen) atoms. The lowest BCUT2D eigenvalue weighted by Gasteiger charge is -2.17. The SMILES string of the molecule is CSc1ccc(CN(C)C(=O)COC(=O)c2cc(Cl)ccc2O)cc1. The molecular weight excluding hydrogens is 362 g/mol. The second-order valence-electron chi connectivity index (χ2n) is 5.34. The van der Waals surface area contributed by atoms with Gasteiger partial charge in [-0.1, -0.05) is 23.7 Å². The van der Waals surface area contributed by atoms with Gasteiger partial charge in [-0.2, -0.15) is 0 Å². The van der Waals surface area contributed by atoms with E-state index < -0.39 is 12.6 Å². The molecule has 0 aliphatic carbocycles. The van der Waals surface area contributed by atoms with E-state index in [1.54, 1.807) is 18.8 Å². The lowest BCUT2D eigenvalue weighted by molar-refractivity contribution is -0.133. The highest BCUT2D eigenvalue weighted by atomic mass is 35.5. The molecule has 2 rings (SSSR count). The first-order valence-electron chi connectivity index (χ1n) is 7.43. The quantitative estimate of drug-likeness (QED) is 0.613. The third-order valence-electron chi connectivity index (χ3n) is 3.51. The molecule has 0 spiro atoms. The maximum atomic E-state index is 12.1. The number of likely N-dealkylation sites (N-methyl/N-ethyl adjacent to an activating group) is 1. The van der Waals surface area contributed by atoms with Gasteiger partial charge in [-0.3, -0.25) is 4.79 Å². The first kappa shape index (κ1) is 19.1. The van der Waals surface area contributed by atoms with E-state index in [4.69, 9.17) is 16.3 Å². The monoisotopic (exact) mass is 379 g/mol. The molecule has 2 aromatic rings. The number of amides is 1. The molecule has 7 heteroatoms. The molecule has 1 N–H and O–H groups in total. The van der Waals surface area contributed by atoms with Crippen LogP contribution in [0.15, 0.2) is 47.4 Å². The Labute approximate surface area is 155 Å². The van der Waals surface area contributed by atoms with Gasteiger partial charge >= 0.3 is 5.97 Å². The van der Waals surface area contributed by atoms with E-state index in [0.29, 0.717) is 11.6 Å². The summed E-state index contributed by atoms with van der Waals surface area (Å²) in [6, 6.07) is 11.9. The Bertz CT molecular complexity index is 764. The minimum atomic E-state index is -0.800. The Hall–Kier alpha value is -2.18. The Morgan fingerprint density at radius 1 is 1.20 bits per heavy atom. The van der Waals surface area contributed by atoms with Gasteiger partial charge in [0, 0.05) is 23.5 Å². The van der Waals surface area contributed by atoms with Crippen molar-refractivity contribution in [2.24, 2.45) is 0 Å². The minimum absolute atomic E-state index is 0.0735. The number of hydrogen-bond acceptors (Lipinski definition) is 5. The van der Waals surface area contributed by atoms with Crippen LogP contribution in [0.4, 0.5) is 0 Å². The number of phenolic OH excluding ortho intramolecular Hbond substituents is 1. The average Bonchev–Trinajstić information content (AvgIpc) is 2.62. The zero-order valence-corrected chi connectivity index (χ0v) is 15.4. The van der Waals surface area contributed by atoms with Gasteiger partial charge in [0.05, 0.1) is 0 Å². The molecule has 0 fully saturated rings. The third-order valence-corrected chi connectivity index (χ3v) is 4.49. The van der Waals surface area contributed by atoms with E-state index >= 15 is 0 Å². The first-order chi connectivity index (χ1) is 11.9. The summed E-state index contributed by atoms with van der Waals surface area (Å²) in [7, 11) is 1.63. The van der Waals surface area contributed by atoms with Crippen molar-refractivity contribution >= 4 is 35.2 Å². The van der Waals surface area contributed by atoms with Gasteiger partial charge < -0.3 is 14.7 Å². The van der Waals surface area contributed by atoms with Crippen LogP contribution in [-0.2, 0) is 16.1 Å². The van der Waals surface area contributed by atoms with Gasteiger partial charge in [0.25, 0.3) is 5.91 Å². The van der Waals surface area contributed by atoms with Gasteiger partial charge in [-0.05, 0) is 42.2 Å². The number of aromatic hydroxyl groups is 1. The number of halogens is 1. The molecule has 2 aromatic carbocycles. The molecule has 0 bridgehead atoms. The third kappa shape index (κ3) is 5.41. The molecule has 0 atom stereocenters. The average molecular weight is 380 g/mol. The van der Waals surface area contributed by atoms with Crippen molar-refractivity contribution < 1.29 is 19.4 Å². The summed E-state index contributed by atoms with van der Waals surface area (Å²) in [5.74, 6) is -1.39. The molecule has 0 saturated carbocycles. The second kappa shape index (κ2) is 8.78. The Morgan fingerprint density at radius 3 is 2.52 bits per heavy atom. The molecule has 132 valence electrons. The van der Waals surface area contributed by atoms with E-state index in [9.17, 15) is 14.7 Å². The highest BCUT2D eigenvalue weighted by Crippen LogP contribution is 2.22. The van der Waals surface area contributed by atoms with E-state index in [-0.39, 0.29) is 17.2 Å². The summed E-state index contributed by atoms with van der Waals surface area (Å²) in [5, 5.41) is 9.95.